The molecule has 0 heterocycles. The van der Waals surface area contributed by atoms with Crippen molar-refractivity contribution >= 4 is 5.78 Å². The average molecular weight is 219 g/mol. The summed E-state index contributed by atoms with van der Waals surface area (Å²) in [7, 11) is 1.60. The van der Waals surface area contributed by atoms with Gasteiger partial charge < -0.3 is 10.5 Å². The van der Waals surface area contributed by atoms with E-state index in [4.69, 9.17) is 10.5 Å². The van der Waals surface area contributed by atoms with Crippen molar-refractivity contribution in [2.45, 2.75) is 31.7 Å². The van der Waals surface area contributed by atoms with Gasteiger partial charge >= 0.3 is 0 Å². The van der Waals surface area contributed by atoms with Gasteiger partial charge in [-0.25, -0.2) is 0 Å². The van der Waals surface area contributed by atoms with E-state index in [2.05, 4.69) is 13.8 Å². The first-order valence-corrected chi connectivity index (χ1v) is 5.44. The molecule has 1 aliphatic carbocycles. The lowest BCUT2D eigenvalue weighted by Gasteiger charge is -2.35. The van der Waals surface area contributed by atoms with Crippen molar-refractivity contribution in [3.05, 3.63) is 29.3 Å². The van der Waals surface area contributed by atoms with Crippen molar-refractivity contribution < 1.29 is 9.53 Å². The fourth-order valence-corrected chi connectivity index (χ4v) is 2.40. The maximum atomic E-state index is 12.0. The van der Waals surface area contributed by atoms with Gasteiger partial charge in [-0.3, -0.25) is 4.79 Å². The van der Waals surface area contributed by atoms with Crippen LogP contribution in [0, 0.1) is 0 Å². The number of ketones is 1. The summed E-state index contributed by atoms with van der Waals surface area (Å²) in [5.41, 5.74) is 7.60. The lowest BCUT2D eigenvalue weighted by atomic mass is 9.70. The van der Waals surface area contributed by atoms with Crippen LogP contribution in [0.25, 0.3) is 0 Å². The molecule has 86 valence electrons. The van der Waals surface area contributed by atoms with Crippen LogP contribution in [0.2, 0.25) is 0 Å². The first kappa shape index (κ1) is 11.1. The second-order valence-electron chi connectivity index (χ2n) is 4.97. The maximum Gasteiger partial charge on any atom is 0.179 e. The van der Waals surface area contributed by atoms with Gasteiger partial charge in [0.1, 0.15) is 5.75 Å². The molecule has 0 spiro atoms. The van der Waals surface area contributed by atoms with Crippen LogP contribution in [0.4, 0.5) is 0 Å². The summed E-state index contributed by atoms with van der Waals surface area (Å²) in [5, 5.41) is 0. The van der Waals surface area contributed by atoms with Crippen LogP contribution in [-0.2, 0) is 5.41 Å². The number of carbonyl (C=O) groups is 1. The summed E-state index contributed by atoms with van der Waals surface area (Å²) in [6.45, 7) is 4.23. The third kappa shape index (κ3) is 1.61. The number of Topliss-reactive ketones (excluding diaryl/α,β-unsaturated/α-hetero) is 1. The molecule has 3 heteroatoms. The quantitative estimate of drug-likeness (QED) is 0.784. The lowest BCUT2D eigenvalue weighted by Crippen LogP contribution is -2.42. The molecule has 0 aromatic heterocycles. The molecule has 1 aromatic carbocycles. The predicted molar refractivity (Wildman–Crippen MR) is 62.9 cm³/mol. The molecule has 1 aromatic rings. The highest BCUT2D eigenvalue weighted by Gasteiger charge is 2.36. The predicted octanol–water partition coefficient (Wildman–Crippen LogP) is 1.89. The average Bonchev–Trinajstić information content (AvgIpc) is 2.25. The Morgan fingerprint density at radius 2 is 2.12 bits per heavy atom. The number of benzene rings is 1. The number of methoxy groups -OCH3 is 1. The first-order valence-electron chi connectivity index (χ1n) is 5.44. The minimum absolute atomic E-state index is 0.0215. The van der Waals surface area contributed by atoms with Gasteiger partial charge in [0.25, 0.3) is 0 Å². The fraction of sp³-hybridized carbons (Fsp3) is 0.462. The lowest BCUT2D eigenvalue weighted by molar-refractivity contribution is 0.0928. The van der Waals surface area contributed by atoms with Gasteiger partial charge in [0.05, 0.1) is 13.2 Å². The zero-order valence-corrected chi connectivity index (χ0v) is 9.91. The molecule has 0 aliphatic heterocycles. The molecule has 1 aliphatic rings. The molecule has 0 amide bonds. The Labute approximate surface area is 95.6 Å². The third-order valence-electron chi connectivity index (χ3n) is 3.29. The van der Waals surface area contributed by atoms with Crippen LogP contribution in [0.15, 0.2) is 18.2 Å². The highest BCUT2D eigenvalue weighted by Crippen LogP contribution is 2.37. The van der Waals surface area contributed by atoms with Crippen LogP contribution in [0.3, 0.4) is 0 Å². The van der Waals surface area contributed by atoms with Crippen molar-refractivity contribution in [1.29, 1.82) is 0 Å². The summed E-state index contributed by atoms with van der Waals surface area (Å²) in [5.74, 6) is 0.727. The number of hydrogen-bond donors (Lipinski definition) is 1. The fourth-order valence-electron chi connectivity index (χ4n) is 2.40. The zero-order chi connectivity index (χ0) is 11.9. The van der Waals surface area contributed by atoms with Gasteiger partial charge in [-0.1, -0.05) is 19.9 Å². The van der Waals surface area contributed by atoms with E-state index in [1.165, 1.54) is 0 Å². The number of carbonyl (C=O) groups excluding carboxylic acids is 1. The van der Waals surface area contributed by atoms with E-state index in [1.54, 1.807) is 13.2 Å². The van der Waals surface area contributed by atoms with Gasteiger partial charge in [-0.2, -0.15) is 0 Å². The van der Waals surface area contributed by atoms with E-state index in [9.17, 15) is 4.79 Å². The van der Waals surface area contributed by atoms with Crippen LogP contribution in [-0.4, -0.2) is 18.9 Å². The summed E-state index contributed by atoms with van der Waals surface area (Å²) in [6.07, 6.45) is 0.700. The standard InChI is InChI=1S/C13H17NO2/c1-13(2)7-11(14)12(15)9-6-8(16-3)4-5-10(9)13/h4-6,11H,7,14H2,1-3H3. The van der Waals surface area contributed by atoms with Crippen LogP contribution < -0.4 is 10.5 Å². The number of fused-ring (bicyclic) bond motifs is 1. The van der Waals surface area contributed by atoms with Gasteiger partial charge in [0.2, 0.25) is 0 Å². The van der Waals surface area contributed by atoms with E-state index in [1.807, 2.05) is 12.1 Å². The van der Waals surface area contributed by atoms with Gasteiger partial charge in [0, 0.05) is 5.56 Å². The monoisotopic (exact) mass is 219 g/mol. The molecule has 0 saturated heterocycles. The molecular formula is C13H17NO2. The molecule has 0 fully saturated rings. The number of ether oxygens (including phenoxy) is 1. The Hall–Kier alpha value is -1.35. The van der Waals surface area contributed by atoms with Crippen LogP contribution >= 0.6 is 0 Å². The second-order valence-corrected chi connectivity index (χ2v) is 4.97. The van der Waals surface area contributed by atoms with Gasteiger partial charge in [-0.15, -0.1) is 0 Å². The minimum atomic E-state index is -0.394. The third-order valence-corrected chi connectivity index (χ3v) is 3.29. The normalized spacial score (nSPS) is 22.8. The molecule has 0 bridgehead atoms. The van der Waals surface area contributed by atoms with E-state index in [-0.39, 0.29) is 11.2 Å². The van der Waals surface area contributed by atoms with E-state index < -0.39 is 6.04 Å². The van der Waals surface area contributed by atoms with Crippen molar-refractivity contribution in [3.8, 4) is 5.75 Å². The molecule has 2 rings (SSSR count). The summed E-state index contributed by atoms with van der Waals surface area (Å²) in [4.78, 5) is 12.0. The van der Waals surface area contributed by atoms with Crippen molar-refractivity contribution in [2.75, 3.05) is 7.11 Å². The Morgan fingerprint density at radius 3 is 2.75 bits per heavy atom. The Morgan fingerprint density at radius 1 is 1.44 bits per heavy atom. The molecule has 1 unspecified atom stereocenters. The zero-order valence-electron chi connectivity index (χ0n) is 9.91. The van der Waals surface area contributed by atoms with Crippen LogP contribution in [0.5, 0.6) is 5.75 Å². The molecule has 0 saturated carbocycles. The van der Waals surface area contributed by atoms with Crippen molar-refractivity contribution in [2.24, 2.45) is 5.73 Å². The molecule has 3 nitrogen and oxygen atoms in total. The molecule has 1 atom stereocenters. The number of hydrogen-bond acceptors (Lipinski definition) is 3. The Balaban J connectivity index is 2.59. The van der Waals surface area contributed by atoms with E-state index in [0.29, 0.717) is 17.7 Å². The maximum absolute atomic E-state index is 12.0. The Bertz CT molecular complexity index is 438. The smallest absolute Gasteiger partial charge is 0.179 e. The van der Waals surface area contributed by atoms with Gasteiger partial charge in [0.15, 0.2) is 5.78 Å². The minimum Gasteiger partial charge on any atom is -0.497 e. The summed E-state index contributed by atoms with van der Waals surface area (Å²) < 4.78 is 5.14. The van der Waals surface area contributed by atoms with E-state index in [0.717, 1.165) is 5.56 Å². The molecular weight excluding hydrogens is 202 g/mol. The molecule has 2 N–H and O–H groups in total. The Kier molecular flexibility index (Phi) is 2.50. The van der Waals surface area contributed by atoms with Crippen LogP contribution in [0.1, 0.15) is 36.2 Å². The first-order chi connectivity index (χ1) is 7.45. The van der Waals surface area contributed by atoms with Gasteiger partial charge in [-0.05, 0) is 29.5 Å². The number of rotatable bonds is 1. The summed E-state index contributed by atoms with van der Waals surface area (Å²) >= 11 is 0. The topological polar surface area (TPSA) is 52.3 Å². The van der Waals surface area contributed by atoms with E-state index >= 15 is 0 Å². The highest BCUT2D eigenvalue weighted by atomic mass is 16.5. The van der Waals surface area contributed by atoms with Crippen molar-refractivity contribution in [1.82, 2.24) is 0 Å². The molecule has 16 heavy (non-hydrogen) atoms. The van der Waals surface area contributed by atoms with Crippen molar-refractivity contribution in [3.63, 3.8) is 0 Å². The second kappa shape index (κ2) is 3.59. The number of nitrogens with two attached hydrogens (primary N) is 1. The largest absolute Gasteiger partial charge is 0.497 e. The molecule has 0 radical (unpaired) electrons. The highest BCUT2D eigenvalue weighted by molar-refractivity contribution is 6.03. The summed E-state index contributed by atoms with van der Waals surface area (Å²) in [6, 6.07) is 5.26. The SMILES string of the molecule is COc1ccc2c(c1)C(=O)C(N)CC2(C)C.